The van der Waals surface area contributed by atoms with Crippen LogP contribution in [0.15, 0.2) is 72.8 Å². The van der Waals surface area contributed by atoms with E-state index in [9.17, 15) is 4.79 Å². The van der Waals surface area contributed by atoms with Crippen molar-refractivity contribution in [2.75, 3.05) is 0 Å². The Morgan fingerprint density at radius 2 is 1.67 bits per heavy atom. The standard InChI is InChI=1S/C25H22N2O2S/c1-16-14-19(10-13-22(16)25(26)28)24-17(2)27-23(30-24)15-18-8-11-21(12-9-18)29-20-6-4-3-5-7-20/h3-14H,15H2,1-2H3,(H2,26,28). The quantitative estimate of drug-likeness (QED) is 0.427. The summed E-state index contributed by atoms with van der Waals surface area (Å²) >= 11 is 1.68. The first-order valence-electron chi connectivity index (χ1n) is 9.68. The molecule has 3 aromatic carbocycles. The fourth-order valence-electron chi connectivity index (χ4n) is 3.35. The highest BCUT2D eigenvalue weighted by Gasteiger charge is 2.13. The van der Waals surface area contributed by atoms with Gasteiger partial charge in [0.05, 0.1) is 15.6 Å². The molecule has 150 valence electrons. The molecule has 0 radical (unpaired) electrons. The van der Waals surface area contributed by atoms with E-state index >= 15 is 0 Å². The normalized spacial score (nSPS) is 10.7. The van der Waals surface area contributed by atoms with E-state index in [1.165, 1.54) is 5.56 Å². The molecule has 4 nitrogen and oxygen atoms in total. The molecule has 4 rings (SSSR count). The second-order valence-corrected chi connectivity index (χ2v) is 8.24. The Morgan fingerprint density at radius 3 is 2.33 bits per heavy atom. The first-order valence-corrected chi connectivity index (χ1v) is 10.5. The molecule has 0 fully saturated rings. The van der Waals surface area contributed by atoms with Crippen molar-refractivity contribution in [2.24, 2.45) is 5.73 Å². The summed E-state index contributed by atoms with van der Waals surface area (Å²) in [6.45, 7) is 3.92. The van der Waals surface area contributed by atoms with E-state index in [-0.39, 0.29) is 0 Å². The lowest BCUT2D eigenvalue weighted by Crippen LogP contribution is -2.12. The number of nitrogens with two attached hydrogens (primary N) is 1. The summed E-state index contributed by atoms with van der Waals surface area (Å²) < 4.78 is 5.86. The van der Waals surface area contributed by atoms with Crippen molar-refractivity contribution in [3.8, 4) is 21.9 Å². The van der Waals surface area contributed by atoms with Crippen molar-refractivity contribution < 1.29 is 9.53 Å². The third-order valence-corrected chi connectivity index (χ3v) is 6.06. The molecule has 1 heterocycles. The van der Waals surface area contributed by atoms with Gasteiger partial charge in [-0.25, -0.2) is 4.98 Å². The van der Waals surface area contributed by atoms with Gasteiger partial charge in [-0.1, -0.05) is 36.4 Å². The number of rotatable bonds is 6. The third kappa shape index (κ3) is 4.42. The Balaban J connectivity index is 1.50. The van der Waals surface area contributed by atoms with Crippen molar-refractivity contribution in [3.05, 3.63) is 100 Å². The SMILES string of the molecule is Cc1cc(-c2sc(Cc3ccc(Oc4ccccc4)cc3)nc2C)ccc1C(N)=O. The molecule has 0 saturated heterocycles. The summed E-state index contributed by atoms with van der Waals surface area (Å²) in [6.07, 6.45) is 0.759. The number of carbonyl (C=O) groups is 1. The van der Waals surface area contributed by atoms with Crippen molar-refractivity contribution in [3.63, 3.8) is 0 Å². The van der Waals surface area contributed by atoms with E-state index in [1.54, 1.807) is 17.4 Å². The van der Waals surface area contributed by atoms with Gasteiger partial charge in [-0.15, -0.1) is 11.3 Å². The van der Waals surface area contributed by atoms with Crippen LogP contribution in [0.3, 0.4) is 0 Å². The molecule has 0 aliphatic carbocycles. The molecule has 0 spiro atoms. The van der Waals surface area contributed by atoms with Crippen molar-refractivity contribution >= 4 is 17.2 Å². The number of primary amides is 1. The minimum Gasteiger partial charge on any atom is -0.457 e. The molecule has 30 heavy (non-hydrogen) atoms. The Morgan fingerprint density at radius 1 is 0.967 bits per heavy atom. The van der Waals surface area contributed by atoms with Gasteiger partial charge >= 0.3 is 0 Å². The molecule has 0 aliphatic heterocycles. The highest BCUT2D eigenvalue weighted by atomic mass is 32.1. The first kappa shape index (κ1) is 19.9. The van der Waals surface area contributed by atoms with Gasteiger partial charge in [0.15, 0.2) is 0 Å². The molecule has 4 aromatic rings. The summed E-state index contributed by atoms with van der Waals surface area (Å²) in [5, 5.41) is 1.05. The number of aryl methyl sites for hydroxylation is 2. The number of benzene rings is 3. The minimum absolute atomic E-state index is 0.402. The van der Waals surface area contributed by atoms with Gasteiger partial charge < -0.3 is 10.5 Å². The van der Waals surface area contributed by atoms with Crippen LogP contribution >= 0.6 is 11.3 Å². The van der Waals surface area contributed by atoms with Gasteiger partial charge in [-0.05, 0) is 66.9 Å². The van der Waals surface area contributed by atoms with Gasteiger partial charge in [0, 0.05) is 12.0 Å². The summed E-state index contributed by atoms with van der Waals surface area (Å²) in [7, 11) is 0. The molecule has 0 saturated carbocycles. The number of para-hydroxylation sites is 1. The molecular formula is C25H22N2O2S. The van der Waals surface area contributed by atoms with E-state index in [4.69, 9.17) is 15.5 Å². The van der Waals surface area contributed by atoms with Crippen LogP contribution in [-0.4, -0.2) is 10.9 Å². The average Bonchev–Trinajstić information content (AvgIpc) is 3.10. The van der Waals surface area contributed by atoms with Crippen LogP contribution in [0.4, 0.5) is 0 Å². The smallest absolute Gasteiger partial charge is 0.248 e. The van der Waals surface area contributed by atoms with Gasteiger partial charge in [-0.2, -0.15) is 0 Å². The van der Waals surface area contributed by atoms with E-state index in [0.29, 0.717) is 5.56 Å². The monoisotopic (exact) mass is 414 g/mol. The van der Waals surface area contributed by atoms with Crippen LogP contribution < -0.4 is 10.5 Å². The summed E-state index contributed by atoms with van der Waals surface area (Å²) in [6, 6.07) is 23.6. The zero-order valence-corrected chi connectivity index (χ0v) is 17.7. The Kier molecular flexibility index (Phi) is 5.63. The van der Waals surface area contributed by atoms with E-state index in [2.05, 4.69) is 12.1 Å². The largest absolute Gasteiger partial charge is 0.457 e. The summed E-state index contributed by atoms with van der Waals surface area (Å²) in [5.74, 6) is 1.23. The van der Waals surface area contributed by atoms with Crippen LogP contribution in [-0.2, 0) is 6.42 Å². The molecule has 0 unspecified atom stereocenters. The number of hydrogen-bond acceptors (Lipinski definition) is 4. The fraction of sp³-hybridized carbons (Fsp3) is 0.120. The molecule has 0 aliphatic rings. The highest BCUT2D eigenvalue weighted by Crippen LogP contribution is 2.32. The van der Waals surface area contributed by atoms with Crippen LogP contribution in [0, 0.1) is 13.8 Å². The maximum absolute atomic E-state index is 11.5. The van der Waals surface area contributed by atoms with Crippen molar-refractivity contribution in [1.29, 1.82) is 0 Å². The van der Waals surface area contributed by atoms with Crippen molar-refractivity contribution in [2.45, 2.75) is 20.3 Å². The molecule has 0 atom stereocenters. The number of nitrogens with zero attached hydrogens (tertiary/aromatic N) is 1. The third-order valence-electron chi connectivity index (χ3n) is 4.85. The minimum atomic E-state index is -0.402. The van der Waals surface area contributed by atoms with Gasteiger partial charge in [0.2, 0.25) is 5.91 Å². The highest BCUT2D eigenvalue weighted by molar-refractivity contribution is 7.15. The Bertz CT molecular complexity index is 1180. The lowest BCUT2D eigenvalue weighted by Gasteiger charge is -2.06. The maximum atomic E-state index is 11.5. The van der Waals surface area contributed by atoms with E-state index in [0.717, 1.165) is 44.6 Å². The number of thiazole rings is 1. The van der Waals surface area contributed by atoms with Crippen LogP contribution in [0.25, 0.3) is 10.4 Å². The lowest BCUT2D eigenvalue weighted by molar-refractivity contribution is 0.0999. The molecule has 2 N–H and O–H groups in total. The lowest BCUT2D eigenvalue weighted by atomic mass is 10.0. The molecule has 1 aromatic heterocycles. The number of carbonyl (C=O) groups excluding carboxylic acids is 1. The summed E-state index contributed by atoms with van der Waals surface area (Å²) in [5.41, 5.74) is 10.1. The zero-order valence-electron chi connectivity index (χ0n) is 16.9. The van der Waals surface area contributed by atoms with Crippen LogP contribution in [0.5, 0.6) is 11.5 Å². The maximum Gasteiger partial charge on any atom is 0.248 e. The Hall–Kier alpha value is -3.44. The molecular weight excluding hydrogens is 392 g/mol. The number of aromatic nitrogens is 1. The summed E-state index contributed by atoms with van der Waals surface area (Å²) in [4.78, 5) is 17.3. The first-order chi connectivity index (χ1) is 14.5. The second-order valence-electron chi connectivity index (χ2n) is 7.15. The van der Waals surface area contributed by atoms with Gasteiger partial charge in [-0.3, -0.25) is 4.79 Å². The van der Waals surface area contributed by atoms with Gasteiger partial charge in [0.1, 0.15) is 11.5 Å². The molecule has 1 amide bonds. The average molecular weight is 415 g/mol. The molecule has 0 bridgehead atoms. The number of hydrogen-bond donors (Lipinski definition) is 1. The number of ether oxygens (including phenoxy) is 1. The Labute approximate surface area is 180 Å². The number of amides is 1. The van der Waals surface area contributed by atoms with Gasteiger partial charge in [0.25, 0.3) is 0 Å². The topological polar surface area (TPSA) is 65.2 Å². The van der Waals surface area contributed by atoms with Crippen LogP contribution in [0.1, 0.15) is 32.2 Å². The predicted molar refractivity (Wildman–Crippen MR) is 121 cm³/mol. The molecule has 5 heteroatoms. The second kappa shape index (κ2) is 8.51. The van der Waals surface area contributed by atoms with Crippen LogP contribution in [0.2, 0.25) is 0 Å². The van der Waals surface area contributed by atoms with E-state index < -0.39 is 5.91 Å². The fourth-order valence-corrected chi connectivity index (χ4v) is 4.45. The van der Waals surface area contributed by atoms with Crippen molar-refractivity contribution in [1.82, 2.24) is 4.98 Å². The predicted octanol–water partition coefficient (Wildman–Crippen LogP) is 5.91. The zero-order chi connectivity index (χ0) is 21.1. The van der Waals surface area contributed by atoms with E-state index in [1.807, 2.05) is 68.4 Å².